The molecule has 188 valence electrons. The molecule has 3 rings (SSSR count). The van der Waals surface area contributed by atoms with Crippen molar-refractivity contribution < 1.29 is 0 Å². The molecule has 0 aromatic rings. The quantitative estimate of drug-likeness (QED) is 0.280. The molecule has 0 aliphatic carbocycles. The Morgan fingerprint density at radius 1 is 0.424 bits per heavy atom. The van der Waals surface area contributed by atoms with Crippen molar-refractivity contribution in [2.24, 2.45) is 0 Å². The van der Waals surface area contributed by atoms with E-state index in [9.17, 15) is 0 Å². The van der Waals surface area contributed by atoms with Crippen LogP contribution in [0.4, 0.5) is 0 Å². The second-order valence-electron chi connectivity index (χ2n) is 7.20. The van der Waals surface area contributed by atoms with Gasteiger partial charge >= 0.3 is 0 Å². The first-order valence-corrected chi connectivity index (χ1v) is 22.5. The van der Waals surface area contributed by atoms with Crippen LogP contribution >= 0.6 is 129 Å². The average Bonchev–Trinajstić information content (AvgIpc) is 3.43. The average molecular weight is 651 g/mol. The fourth-order valence-electron chi connectivity index (χ4n) is 2.91. The predicted octanol–water partition coefficient (Wildman–Crippen LogP) is 11.1. The highest BCUT2D eigenvalue weighted by Crippen LogP contribution is 2.65. The SMILES string of the molecule is CSC1=C2SCCCSCCCCSCCCCSCCCSC3=C(SC)SC(=C(S1)S2)S3. The maximum atomic E-state index is 2.24. The molecule has 0 aromatic carbocycles. The van der Waals surface area contributed by atoms with E-state index in [1.165, 1.54) is 101 Å². The molecule has 0 aromatic heterocycles. The number of hydrogen-bond acceptors (Lipinski definition) is 11. The first-order valence-electron chi connectivity index (χ1n) is 11.3. The highest BCUT2D eigenvalue weighted by Gasteiger charge is 2.30. The third kappa shape index (κ3) is 11.8. The summed E-state index contributed by atoms with van der Waals surface area (Å²) in [6, 6.07) is 0. The van der Waals surface area contributed by atoms with E-state index < -0.39 is 0 Å². The van der Waals surface area contributed by atoms with Crippen molar-refractivity contribution in [1.82, 2.24) is 0 Å². The van der Waals surface area contributed by atoms with E-state index in [0.29, 0.717) is 0 Å². The van der Waals surface area contributed by atoms with E-state index in [2.05, 4.69) is 71.3 Å². The Labute approximate surface area is 249 Å². The van der Waals surface area contributed by atoms with Gasteiger partial charge in [-0.05, 0) is 97.1 Å². The van der Waals surface area contributed by atoms with Crippen LogP contribution in [0, 0.1) is 0 Å². The lowest BCUT2D eigenvalue weighted by Gasteiger charge is -2.05. The lowest BCUT2D eigenvalue weighted by atomic mass is 10.4. The van der Waals surface area contributed by atoms with Crippen LogP contribution in [0.1, 0.15) is 38.5 Å². The number of hydrogen-bond donors (Lipinski definition) is 0. The standard InChI is InChI=1S/C22H34S11/c1-23-17-19-28-15-7-13-26-11-5-3-9-25-10-4-6-12-27-14-8-16-29-20-18(24-2)31-22(33-20)21(30-17)32-19/h3-16H2,1-2H3. The Kier molecular flexibility index (Phi) is 17.8. The third-order valence-corrected chi connectivity index (χ3v) is 19.5. The van der Waals surface area contributed by atoms with Crippen molar-refractivity contribution in [3.63, 3.8) is 0 Å². The van der Waals surface area contributed by atoms with Crippen molar-refractivity contribution in [3.05, 3.63) is 25.4 Å². The normalized spacial score (nSPS) is 24.2. The Morgan fingerprint density at radius 2 is 0.788 bits per heavy atom. The van der Waals surface area contributed by atoms with E-state index >= 15 is 0 Å². The molecule has 4 bridgehead atoms. The van der Waals surface area contributed by atoms with Crippen molar-refractivity contribution in [1.29, 1.82) is 0 Å². The Bertz CT molecular complexity index is 630. The molecule has 3 heterocycles. The number of fused-ring (bicyclic) bond motifs is 4. The van der Waals surface area contributed by atoms with Gasteiger partial charge in [0.2, 0.25) is 0 Å². The molecule has 0 atom stereocenters. The zero-order chi connectivity index (χ0) is 23.1. The first-order chi connectivity index (χ1) is 16.3. The van der Waals surface area contributed by atoms with E-state index in [0.717, 1.165) is 0 Å². The van der Waals surface area contributed by atoms with Gasteiger partial charge in [-0.3, -0.25) is 0 Å². The van der Waals surface area contributed by atoms with Crippen LogP contribution in [0.25, 0.3) is 0 Å². The molecule has 0 fully saturated rings. The molecular formula is C22H34S11. The minimum Gasteiger partial charge on any atom is -0.162 e. The molecular weight excluding hydrogens is 617 g/mol. The molecule has 0 radical (unpaired) electrons. The zero-order valence-corrected chi connectivity index (χ0v) is 28.4. The minimum absolute atomic E-state index is 1.26. The smallest absolute Gasteiger partial charge is 0.0717 e. The summed E-state index contributed by atoms with van der Waals surface area (Å²) in [5, 5.41) is 0. The second-order valence-corrected chi connectivity index (χ2v) is 20.3. The maximum absolute atomic E-state index is 2.24. The van der Waals surface area contributed by atoms with Gasteiger partial charge in [0.25, 0.3) is 0 Å². The topological polar surface area (TPSA) is 0 Å². The molecule has 0 unspecified atom stereocenters. The van der Waals surface area contributed by atoms with Gasteiger partial charge in [0.1, 0.15) is 0 Å². The minimum atomic E-state index is 1.26. The van der Waals surface area contributed by atoms with Gasteiger partial charge in [-0.25, -0.2) is 0 Å². The maximum Gasteiger partial charge on any atom is 0.0717 e. The van der Waals surface area contributed by atoms with Crippen LogP contribution in [0.5, 0.6) is 0 Å². The summed E-state index contributed by atoms with van der Waals surface area (Å²) >= 11 is 22.7. The molecule has 33 heavy (non-hydrogen) atoms. The van der Waals surface area contributed by atoms with E-state index in [-0.39, 0.29) is 0 Å². The molecule has 3 aliphatic rings. The Hall–Kier alpha value is 3.07. The summed E-state index contributed by atoms with van der Waals surface area (Å²) in [6.07, 6.45) is 12.7. The summed E-state index contributed by atoms with van der Waals surface area (Å²) in [4.78, 5) is 0. The van der Waals surface area contributed by atoms with Crippen LogP contribution in [-0.2, 0) is 0 Å². The Balaban J connectivity index is 1.52. The van der Waals surface area contributed by atoms with Gasteiger partial charge in [0, 0.05) is 0 Å². The van der Waals surface area contributed by atoms with Gasteiger partial charge in [-0.1, -0.05) is 47.0 Å². The molecule has 0 amide bonds. The molecule has 0 spiro atoms. The van der Waals surface area contributed by atoms with Crippen LogP contribution < -0.4 is 0 Å². The molecule has 0 saturated carbocycles. The molecule has 11 heteroatoms. The van der Waals surface area contributed by atoms with Gasteiger partial charge in [0.05, 0.1) is 25.4 Å². The van der Waals surface area contributed by atoms with Crippen LogP contribution in [0.2, 0.25) is 0 Å². The summed E-state index contributed by atoms with van der Waals surface area (Å²) in [5.74, 6) is 10.6. The second kappa shape index (κ2) is 19.2. The van der Waals surface area contributed by atoms with Crippen LogP contribution in [0.15, 0.2) is 25.4 Å². The van der Waals surface area contributed by atoms with E-state index in [1.54, 1.807) is 8.47 Å². The molecule has 0 saturated heterocycles. The highest BCUT2D eigenvalue weighted by atomic mass is 32.3. The summed E-state index contributed by atoms with van der Waals surface area (Å²) in [7, 11) is 0. The van der Waals surface area contributed by atoms with E-state index in [1.807, 2.05) is 70.6 Å². The fourth-order valence-corrected chi connectivity index (χ4v) is 17.4. The van der Waals surface area contributed by atoms with Gasteiger partial charge < -0.3 is 0 Å². The van der Waals surface area contributed by atoms with Crippen LogP contribution in [0.3, 0.4) is 0 Å². The zero-order valence-electron chi connectivity index (χ0n) is 19.4. The van der Waals surface area contributed by atoms with Crippen molar-refractivity contribution in [2.75, 3.05) is 58.5 Å². The van der Waals surface area contributed by atoms with E-state index in [4.69, 9.17) is 0 Å². The predicted molar refractivity (Wildman–Crippen MR) is 183 cm³/mol. The van der Waals surface area contributed by atoms with Gasteiger partial charge in [-0.2, -0.15) is 35.3 Å². The van der Waals surface area contributed by atoms with Gasteiger partial charge in [0.15, 0.2) is 0 Å². The molecule has 0 nitrogen and oxygen atoms in total. The van der Waals surface area contributed by atoms with Crippen molar-refractivity contribution in [3.8, 4) is 0 Å². The summed E-state index contributed by atoms with van der Waals surface area (Å²) < 4.78 is 9.17. The number of rotatable bonds is 2. The fraction of sp³-hybridized carbons (Fsp3) is 0.727. The lowest BCUT2D eigenvalue weighted by Crippen LogP contribution is -1.91. The lowest BCUT2D eigenvalue weighted by molar-refractivity contribution is 0.888. The van der Waals surface area contributed by atoms with Crippen molar-refractivity contribution in [2.45, 2.75) is 38.5 Å². The number of thioether (sulfide) groups is 11. The first kappa shape index (κ1) is 30.6. The van der Waals surface area contributed by atoms with Crippen molar-refractivity contribution >= 4 is 129 Å². The monoisotopic (exact) mass is 650 g/mol. The van der Waals surface area contributed by atoms with Gasteiger partial charge in [-0.15, -0.1) is 47.0 Å². The summed E-state index contributed by atoms with van der Waals surface area (Å²) in [5.41, 5.74) is 0. The largest absolute Gasteiger partial charge is 0.162 e. The third-order valence-electron chi connectivity index (χ3n) is 4.60. The Morgan fingerprint density at radius 3 is 1.15 bits per heavy atom. The summed E-state index contributed by atoms with van der Waals surface area (Å²) in [6.45, 7) is 0. The van der Waals surface area contributed by atoms with Crippen LogP contribution in [-0.4, -0.2) is 58.5 Å². The molecule has 3 aliphatic heterocycles. The molecule has 0 N–H and O–H groups in total. The highest BCUT2D eigenvalue weighted by molar-refractivity contribution is 8.45.